The Labute approximate surface area is 231 Å². The molecule has 3 aromatic carbocycles. The zero-order chi connectivity index (χ0) is 28.6. The van der Waals surface area contributed by atoms with Crippen LogP contribution in [0.2, 0.25) is 0 Å². The van der Waals surface area contributed by atoms with Crippen molar-refractivity contribution >= 4 is 18.0 Å². The Morgan fingerprint density at radius 2 is 1.65 bits per heavy atom. The van der Waals surface area contributed by atoms with Crippen LogP contribution >= 0.6 is 0 Å². The molecule has 1 fully saturated rings. The van der Waals surface area contributed by atoms with E-state index in [0.717, 1.165) is 20.9 Å². The molecule has 0 unspecified atom stereocenters. The van der Waals surface area contributed by atoms with Crippen molar-refractivity contribution in [2.45, 2.75) is 31.1 Å². The number of aliphatic hydroxyl groups excluding tert-OH is 1. The summed E-state index contributed by atoms with van der Waals surface area (Å²) in [5.74, 6) is -2.47. The molecule has 0 aliphatic carbocycles. The first-order valence-electron chi connectivity index (χ1n) is 12.8. The molecule has 0 spiro atoms. The van der Waals surface area contributed by atoms with E-state index in [9.17, 15) is 29.0 Å². The van der Waals surface area contributed by atoms with Gasteiger partial charge in [-0.1, -0.05) is 54.6 Å². The fraction of sp³-hybridized carbons (Fsp3) is 0.300. The second-order valence-electron chi connectivity index (χ2n) is 9.54. The van der Waals surface area contributed by atoms with Crippen molar-refractivity contribution in [3.05, 3.63) is 101 Å². The van der Waals surface area contributed by atoms with E-state index >= 15 is 0 Å². The highest BCUT2D eigenvalue weighted by atomic mass is 19.1. The molecule has 1 saturated heterocycles. The van der Waals surface area contributed by atoms with Gasteiger partial charge in [-0.05, 0) is 47.4 Å². The van der Waals surface area contributed by atoms with Gasteiger partial charge in [0.15, 0.2) is 0 Å². The van der Waals surface area contributed by atoms with Crippen LogP contribution in [0.1, 0.15) is 22.6 Å². The van der Waals surface area contributed by atoms with Gasteiger partial charge in [-0.2, -0.15) is 0 Å². The lowest BCUT2D eigenvalue weighted by molar-refractivity contribution is -0.147. The van der Waals surface area contributed by atoms with E-state index in [1.165, 1.54) is 24.3 Å². The zero-order valence-corrected chi connectivity index (χ0v) is 22.0. The number of carboxylic acid groups (broad SMARTS) is 1. The van der Waals surface area contributed by atoms with Crippen molar-refractivity contribution in [3.8, 4) is 5.75 Å². The summed E-state index contributed by atoms with van der Waals surface area (Å²) in [5.41, 5.74) is 2.12. The normalized spacial score (nSPS) is 18.3. The smallest absolute Gasteiger partial charge is 0.410 e. The molecule has 9 nitrogen and oxygen atoms in total. The van der Waals surface area contributed by atoms with E-state index in [1.807, 2.05) is 18.2 Å². The lowest BCUT2D eigenvalue weighted by Gasteiger charge is -2.30. The summed E-state index contributed by atoms with van der Waals surface area (Å²) >= 11 is 0. The first kappa shape index (κ1) is 28.6. The van der Waals surface area contributed by atoms with Crippen LogP contribution in [0.4, 0.5) is 9.18 Å². The van der Waals surface area contributed by atoms with Gasteiger partial charge in [-0.25, -0.2) is 9.18 Å². The first-order chi connectivity index (χ1) is 19.3. The Kier molecular flexibility index (Phi) is 9.34. The number of carboxylic acids is 1. The number of carbonyl (C=O) groups is 3. The van der Waals surface area contributed by atoms with Crippen LogP contribution in [0, 0.1) is 5.82 Å². The van der Waals surface area contributed by atoms with Crippen LogP contribution < -0.4 is 4.74 Å². The van der Waals surface area contributed by atoms with Crippen molar-refractivity contribution in [2.75, 3.05) is 26.7 Å². The Morgan fingerprint density at radius 1 is 0.975 bits per heavy atom. The highest BCUT2D eigenvalue weighted by Crippen LogP contribution is 2.34. The number of hydrogen-bond acceptors (Lipinski definition) is 6. The summed E-state index contributed by atoms with van der Waals surface area (Å²) in [6, 6.07) is 20.2. The van der Waals surface area contributed by atoms with Gasteiger partial charge >= 0.3 is 12.1 Å². The molecule has 0 saturated carbocycles. The van der Waals surface area contributed by atoms with Crippen molar-refractivity contribution in [1.82, 2.24) is 9.80 Å². The van der Waals surface area contributed by atoms with Gasteiger partial charge in [0, 0.05) is 19.0 Å². The molecule has 210 valence electrons. The van der Waals surface area contributed by atoms with Crippen molar-refractivity contribution in [1.29, 1.82) is 0 Å². The van der Waals surface area contributed by atoms with E-state index in [2.05, 4.69) is 0 Å². The molecule has 2 N–H and O–H groups in total. The number of aliphatic carboxylic acids is 1. The number of halogens is 1. The molecule has 3 aromatic rings. The molecule has 0 bridgehead atoms. The SMILES string of the molecule is COc1ccc(CCN(CC(=O)O)C(=O)[C@H]2[C@@H](O)[C@H](c3ccc(F)cc3)CN2C(=O)OCc2ccccc2)cc1. The summed E-state index contributed by atoms with van der Waals surface area (Å²) < 4.78 is 24.2. The predicted octanol–water partition coefficient (Wildman–Crippen LogP) is 3.46. The van der Waals surface area contributed by atoms with Crippen LogP contribution in [-0.2, 0) is 27.4 Å². The van der Waals surface area contributed by atoms with E-state index < -0.39 is 48.4 Å². The lowest BCUT2D eigenvalue weighted by atomic mass is 9.93. The number of rotatable bonds is 10. The summed E-state index contributed by atoms with van der Waals surface area (Å²) in [4.78, 5) is 41.0. The van der Waals surface area contributed by atoms with Crippen LogP contribution in [0.5, 0.6) is 5.75 Å². The van der Waals surface area contributed by atoms with Gasteiger partial charge in [-0.15, -0.1) is 0 Å². The number of hydrogen-bond donors (Lipinski definition) is 2. The predicted molar refractivity (Wildman–Crippen MR) is 143 cm³/mol. The molecular formula is C30H31FN2O7. The maximum absolute atomic E-state index is 13.8. The molecule has 0 aromatic heterocycles. The maximum atomic E-state index is 13.8. The van der Waals surface area contributed by atoms with E-state index in [1.54, 1.807) is 43.5 Å². The minimum atomic E-state index is -1.39. The Balaban J connectivity index is 1.57. The van der Waals surface area contributed by atoms with Crippen molar-refractivity contribution < 1.29 is 38.5 Å². The van der Waals surface area contributed by atoms with E-state index in [-0.39, 0.29) is 19.7 Å². The Hall–Kier alpha value is -4.44. The number of likely N-dealkylation sites (tertiary alicyclic amines) is 1. The summed E-state index contributed by atoms with van der Waals surface area (Å²) in [6.45, 7) is -0.706. The van der Waals surface area contributed by atoms with Gasteiger partial charge < -0.3 is 24.6 Å². The third-order valence-electron chi connectivity index (χ3n) is 6.92. The highest BCUT2D eigenvalue weighted by molar-refractivity contribution is 5.89. The molecule has 3 atom stereocenters. The summed E-state index contributed by atoms with van der Waals surface area (Å²) in [6.07, 6.45) is -1.86. The quantitative estimate of drug-likeness (QED) is 0.397. The van der Waals surface area contributed by atoms with Gasteiger partial charge in [0.1, 0.15) is 30.8 Å². The maximum Gasteiger partial charge on any atom is 0.410 e. The number of amides is 2. The van der Waals surface area contributed by atoms with E-state index in [4.69, 9.17) is 9.47 Å². The highest BCUT2D eigenvalue weighted by Gasteiger charge is 2.49. The lowest BCUT2D eigenvalue weighted by Crippen LogP contribution is -2.53. The van der Waals surface area contributed by atoms with Crippen LogP contribution in [0.3, 0.4) is 0 Å². The van der Waals surface area contributed by atoms with Gasteiger partial charge in [0.25, 0.3) is 0 Å². The summed E-state index contributed by atoms with van der Waals surface area (Å²) in [5, 5.41) is 20.9. The number of carbonyl (C=O) groups excluding carboxylic acids is 2. The van der Waals surface area contributed by atoms with Gasteiger partial charge in [-0.3, -0.25) is 14.5 Å². The first-order valence-corrected chi connectivity index (χ1v) is 12.8. The number of aliphatic hydroxyl groups is 1. The number of nitrogens with zero attached hydrogens (tertiary/aromatic N) is 2. The number of methoxy groups -OCH3 is 1. The molecule has 2 amide bonds. The molecule has 10 heteroatoms. The van der Waals surface area contributed by atoms with Crippen molar-refractivity contribution in [3.63, 3.8) is 0 Å². The summed E-state index contributed by atoms with van der Waals surface area (Å²) in [7, 11) is 1.55. The number of benzene rings is 3. The standard InChI is InChI=1S/C30H31FN2O7/c1-39-24-13-7-20(8-14-24)15-16-32(18-26(34)35)29(37)27-28(36)25(22-9-11-23(31)12-10-22)17-33(27)30(38)40-19-21-5-3-2-4-6-21/h2-14,25,27-28,36H,15-19H2,1H3,(H,34,35)/t25-,27+,28-/m0/s1. The third kappa shape index (κ3) is 6.95. The molecule has 4 rings (SSSR count). The average molecular weight is 551 g/mol. The molecule has 40 heavy (non-hydrogen) atoms. The fourth-order valence-corrected chi connectivity index (χ4v) is 4.79. The van der Waals surface area contributed by atoms with Gasteiger partial charge in [0.05, 0.1) is 13.2 Å². The van der Waals surface area contributed by atoms with Crippen LogP contribution in [0.15, 0.2) is 78.9 Å². The second-order valence-corrected chi connectivity index (χ2v) is 9.54. The molecule has 1 heterocycles. The Bertz CT molecular complexity index is 1300. The largest absolute Gasteiger partial charge is 0.497 e. The van der Waals surface area contributed by atoms with Crippen LogP contribution in [0.25, 0.3) is 0 Å². The van der Waals surface area contributed by atoms with Crippen LogP contribution in [-0.4, -0.2) is 76.9 Å². The third-order valence-corrected chi connectivity index (χ3v) is 6.92. The zero-order valence-electron chi connectivity index (χ0n) is 22.0. The molecular weight excluding hydrogens is 519 g/mol. The minimum absolute atomic E-state index is 0.0365. The molecule has 0 radical (unpaired) electrons. The Morgan fingerprint density at radius 3 is 2.27 bits per heavy atom. The molecule has 1 aliphatic heterocycles. The van der Waals surface area contributed by atoms with E-state index in [0.29, 0.717) is 17.7 Å². The van der Waals surface area contributed by atoms with Gasteiger partial charge in [0.2, 0.25) is 5.91 Å². The fourth-order valence-electron chi connectivity index (χ4n) is 4.79. The van der Waals surface area contributed by atoms with Crippen molar-refractivity contribution in [2.24, 2.45) is 0 Å². The number of ether oxygens (including phenoxy) is 2. The second kappa shape index (κ2) is 13.1. The monoisotopic (exact) mass is 550 g/mol. The molecule has 1 aliphatic rings. The minimum Gasteiger partial charge on any atom is -0.497 e. The topological polar surface area (TPSA) is 117 Å². The average Bonchev–Trinajstić information content (AvgIpc) is 3.31.